The smallest absolute Gasteiger partial charge is 0.330 e. The monoisotopic (exact) mass is 610 g/mol. The van der Waals surface area contributed by atoms with Gasteiger partial charge in [-0.25, -0.2) is 14.8 Å². The van der Waals surface area contributed by atoms with E-state index in [-0.39, 0.29) is 19.6 Å². The van der Waals surface area contributed by atoms with E-state index in [0.29, 0.717) is 16.9 Å². The van der Waals surface area contributed by atoms with E-state index in [4.69, 9.17) is 47.2 Å². The molecule has 0 saturated carbocycles. The van der Waals surface area contributed by atoms with Crippen molar-refractivity contribution in [3.05, 3.63) is 51.7 Å². The standard InChI is InChI=1S/C23H27N6O10PS/c1-2-7-35-20-19(14(9-30)38-22(20)28-6-4-16(32)27-23(28)33)39-40(34,41)36-10-15-13(31)8-17(37-15)29-11-26-18-12(24)3-5-25-21(18)29/h1,3-6,11,13-15,17,19-20,22,30-31H,7-10H2,(H2,24,25)(H,34,41)(H,27,32,33)/t13-,14-,15-,17-,19+,20?,22-,40?/m1/s1. The van der Waals surface area contributed by atoms with Crippen LogP contribution in [0.1, 0.15) is 18.9 Å². The molecule has 3 aromatic rings. The van der Waals surface area contributed by atoms with E-state index in [1.807, 2.05) is 0 Å². The number of rotatable bonds is 10. The molecule has 18 heteroatoms. The second-order valence-corrected chi connectivity index (χ2v) is 12.0. The van der Waals surface area contributed by atoms with Crippen LogP contribution in [-0.4, -0.2) is 89.5 Å². The summed E-state index contributed by atoms with van der Waals surface area (Å²) >= 11 is 5.20. The Kier molecular flexibility index (Phi) is 8.68. The van der Waals surface area contributed by atoms with Crippen molar-refractivity contribution < 1.29 is 38.4 Å². The van der Waals surface area contributed by atoms with Gasteiger partial charge in [0.2, 0.25) is 0 Å². The third kappa shape index (κ3) is 6.12. The molecule has 2 aliphatic heterocycles. The van der Waals surface area contributed by atoms with Crippen molar-refractivity contribution in [3.63, 3.8) is 0 Å². The Balaban J connectivity index is 1.28. The molecule has 0 spiro atoms. The predicted octanol–water partition coefficient (Wildman–Crippen LogP) is -1.26. The molecule has 220 valence electrons. The zero-order valence-corrected chi connectivity index (χ0v) is 23.0. The van der Waals surface area contributed by atoms with Gasteiger partial charge in [0, 0.05) is 24.9 Å². The van der Waals surface area contributed by atoms with Crippen LogP contribution in [0, 0.1) is 12.3 Å². The topological polar surface area (TPSA) is 218 Å². The quantitative estimate of drug-likeness (QED) is 0.134. The summed E-state index contributed by atoms with van der Waals surface area (Å²) in [6, 6.07) is 2.72. The summed E-state index contributed by atoms with van der Waals surface area (Å²) in [5.74, 6) is 2.29. The van der Waals surface area contributed by atoms with Crippen LogP contribution in [0.25, 0.3) is 11.2 Å². The molecule has 41 heavy (non-hydrogen) atoms. The molecule has 2 saturated heterocycles. The maximum atomic E-state index is 12.4. The number of hydrogen-bond donors (Lipinski definition) is 5. The first-order valence-electron chi connectivity index (χ1n) is 12.3. The van der Waals surface area contributed by atoms with E-state index in [0.717, 1.165) is 10.6 Å². The van der Waals surface area contributed by atoms with Crippen molar-refractivity contribution in [1.82, 2.24) is 24.1 Å². The van der Waals surface area contributed by atoms with E-state index in [1.165, 1.54) is 18.7 Å². The van der Waals surface area contributed by atoms with Crippen molar-refractivity contribution >= 4 is 35.4 Å². The maximum absolute atomic E-state index is 12.4. The molecule has 8 atom stereocenters. The summed E-state index contributed by atoms with van der Waals surface area (Å²) in [5, 5.41) is 20.6. The zero-order chi connectivity index (χ0) is 29.3. The molecule has 2 unspecified atom stereocenters. The number of aromatic nitrogens is 5. The highest BCUT2D eigenvalue weighted by Gasteiger charge is 2.50. The lowest BCUT2D eigenvalue weighted by atomic mass is 10.1. The van der Waals surface area contributed by atoms with E-state index >= 15 is 0 Å². The minimum Gasteiger partial charge on any atom is -0.397 e. The van der Waals surface area contributed by atoms with E-state index in [1.54, 1.807) is 10.6 Å². The Morgan fingerprint density at radius 3 is 2.78 bits per heavy atom. The predicted molar refractivity (Wildman–Crippen MR) is 145 cm³/mol. The van der Waals surface area contributed by atoms with Crippen molar-refractivity contribution in [3.8, 4) is 12.3 Å². The number of nitrogens with zero attached hydrogens (tertiary/aromatic N) is 4. The van der Waals surface area contributed by atoms with Gasteiger partial charge in [0.15, 0.2) is 11.9 Å². The Morgan fingerprint density at radius 1 is 1.24 bits per heavy atom. The van der Waals surface area contributed by atoms with Gasteiger partial charge in [-0.2, -0.15) is 0 Å². The average Bonchev–Trinajstić information content (AvgIpc) is 3.62. The third-order valence-corrected chi connectivity index (χ3v) is 8.17. The van der Waals surface area contributed by atoms with Gasteiger partial charge in [0.1, 0.15) is 42.8 Å². The van der Waals surface area contributed by atoms with Crippen LogP contribution in [0.2, 0.25) is 0 Å². The number of hydrogen-bond acceptors (Lipinski definition) is 13. The van der Waals surface area contributed by atoms with Gasteiger partial charge >= 0.3 is 12.4 Å². The average molecular weight is 611 g/mol. The number of pyridine rings is 1. The fourth-order valence-corrected chi connectivity index (χ4v) is 6.15. The SMILES string of the molecule is C#CCOC1[C@@H](OP(O)(=S)OC[C@H]2O[C@@H](n3cnc4c(N)ccnc43)C[C@H]2O)[C@@H](CO)O[C@H]1n1ccc(=O)[nH]c1=O. The zero-order valence-electron chi connectivity index (χ0n) is 21.3. The first-order chi connectivity index (χ1) is 19.6. The van der Waals surface area contributed by atoms with Gasteiger partial charge in [-0.3, -0.25) is 23.4 Å². The molecular weight excluding hydrogens is 583 g/mol. The third-order valence-electron chi connectivity index (χ3n) is 6.61. The van der Waals surface area contributed by atoms with Crippen molar-refractivity contribution in [2.75, 3.05) is 25.6 Å². The molecule has 0 aromatic carbocycles. The van der Waals surface area contributed by atoms with Gasteiger partial charge in [0.25, 0.3) is 5.56 Å². The number of aromatic amines is 1. The van der Waals surface area contributed by atoms with Gasteiger partial charge in [-0.1, -0.05) is 5.92 Å². The largest absolute Gasteiger partial charge is 0.397 e. The summed E-state index contributed by atoms with van der Waals surface area (Å²) in [6.45, 7) is -5.26. The fourth-order valence-electron chi connectivity index (χ4n) is 4.71. The number of nitrogen functional groups attached to an aromatic ring is 1. The van der Waals surface area contributed by atoms with Gasteiger partial charge < -0.3 is 39.6 Å². The normalized spacial score (nSPS) is 29.5. The van der Waals surface area contributed by atoms with Crippen LogP contribution in [0.15, 0.2) is 40.4 Å². The lowest BCUT2D eigenvalue weighted by Crippen LogP contribution is -2.40. The molecule has 0 amide bonds. The molecule has 2 fully saturated rings. The summed E-state index contributed by atoms with van der Waals surface area (Å²) < 4.78 is 31.2. The van der Waals surface area contributed by atoms with Crippen LogP contribution in [0.4, 0.5) is 5.69 Å². The number of nitrogens with one attached hydrogen (secondary N) is 1. The minimum atomic E-state index is -4.08. The van der Waals surface area contributed by atoms with Gasteiger partial charge in [-0.05, 0) is 17.9 Å². The molecule has 0 aliphatic carbocycles. The van der Waals surface area contributed by atoms with Crippen LogP contribution in [0.3, 0.4) is 0 Å². The summed E-state index contributed by atoms with van der Waals surface area (Å²) in [4.78, 5) is 45.5. The number of fused-ring (bicyclic) bond motifs is 1. The summed E-state index contributed by atoms with van der Waals surface area (Å²) in [6.07, 6.45) is 2.51. The van der Waals surface area contributed by atoms with E-state index < -0.39 is 67.6 Å². The molecule has 2 aliphatic rings. The molecule has 16 nitrogen and oxygen atoms in total. The van der Waals surface area contributed by atoms with E-state index in [2.05, 4.69) is 20.9 Å². The number of ether oxygens (including phenoxy) is 3. The molecule has 5 heterocycles. The van der Waals surface area contributed by atoms with Gasteiger partial charge in [0.05, 0.1) is 31.3 Å². The number of imidazole rings is 1. The highest BCUT2D eigenvalue weighted by Crippen LogP contribution is 2.50. The molecule has 0 bridgehead atoms. The number of H-pyrrole nitrogens is 1. The lowest BCUT2D eigenvalue weighted by molar-refractivity contribution is -0.0678. The van der Waals surface area contributed by atoms with Crippen molar-refractivity contribution in [1.29, 1.82) is 0 Å². The first-order valence-corrected chi connectivity index (χ1v) is 14.9. The van der Waals surface area contributed by atoms with Crippen LogP contribution in [-0.2, 0) is 35.1 Å². The molecule has 0 radical (unpaired) electrons. The lowest BCUT2D eigenvalue weighted by Gasteiger charge is -2.28. The number of nitrogens with two attached hydrogens (primary N) is 1. The highest BCUT2D eigenvalue weighted by atomic mass is 32.5. The molecule has 5 rings (SSSR count). The number of aliphatic hydroxyl groups is 2. The van der Waals surface area contributed by atoms with E-state index in [9.17, 15) is 24.7 Å². The summed E-state index contributed by atoms with van der Waals surface area (Å²) in [5.41, 5.74) is 5.92. The fraction of sp³-hybridized carbons (Fsp3) is 0.478. The molecule has 6 N–H and O–H groups in total. The first kappa shape index (κ1) is 29.5. The second-order valence-electron chi connectivity index (χ2n) is 9.24. The number of aliphatic hydroxyl groups excluding tert-OH is 2. The Labute approximate surface area is 236 Å². The highest BCUT2D eigenvalue weighted by molar-refractivity contribution is 8.07. The Morgan fingerprint density at radius 2 is 2.05 bits per heavy atom. The second kappa shape index (κ2) is 12.1. The Bertz CT molecular complexity index is 1610. The van der Waals surface area contributed by atoms with Crippen LogP contribution < -0.4 is 17.0 Å². The summed E-state index contributed by atoms with van der Waals surface area (Å²) in [7, 11) is 0. The molecule has 3 aromatic heterocycles. The van der Waals surface area contributed by atoms with Crippen molar-refractivity contribution in [2.24, 2.45) is 0 Å². The van der Waals surface area contributed by atoms with Crippen molar-refractivity contribution in [2.45, 2.75) is 49.4 Å². The minimum absolute atomic E-state index is 0.172. The Hall–Kier alpha value is -3.01. The van der Waals surface area contributed by atoms with Crippen LogP contribution in [0.5, 0.6) is 0 Å². The van der Waals surface area contributed by atoms with Crippen LogP contribution >= 0.6 is 6.72 Å². The number of terminal acetylenes is 1. The number of anilines is 1. The van der Waals surface area contributed by atoms with Gasteiger partial charge in [-0.15, -0.1) is 6.42 Å². The maximum Gasteiger partial charge on any atom is 0.330 e. The molecular formula is C23H27N6O10PS.